The number of rotatable bonds is 6. The molecular formula is C13H20N2O3. The van der Waals surface area contributed by atoms with Gasteiger partial charge in [-0.05, 0) is 25.0 Å². The van der Waals surface area contributed by atoms with E-state index in [1.54, 1.807) is 29.8 Å². The van der Waals surface area contributed by atoms with Crippen LogP contribution in [0, 0.1) is 5.92 Å². The van der Waals surface area contributed by atoms with Crippen molar-refractivity contribution in [3.8, 4) is 0 Å². The maximum atomic E-state index is 11.7. The van der Waals surface area contributed by atoms with Crippen LogP contribution in [-0.2, 0) is 16.1 Å². The van der Waals surface area contributed by atoms with Gasteiger partial charge in [-0.15, -0.1) is 0 Å². The summed E-state index contributed by atoms with van der Waals surface area (Å²) in [4.78, 5) is 23.3. The summed E-state index contributed by atoms with van der Waals surface area (Å²) < 4.78 is 6.51. The summed E-state index contributed by atoms with van der Waals surface area (Å²) in [5.41, 5.74) is 0.400. The van der Waals surface area contributed by atoms with Crippen LogP contribution in [0.4, 0.5) is 0 Å². The van der Waals surface area contributed by atoms with Gasteiger partial charge in [0, 0.05) is 12.7 Å². The molecule has 0 aliphatic heterocycles. The van der Waals surface area contributed by atoms with Gasteiger partial charge in [0.1, 0.15) is 12.2 Å². The minimum atomic E-state index is -0.404. The smallest absolute Gasteiger partial charge is 0.354 e. The molecule has 0 atom stereocenters. The third-order valence-electron chi connectivity index (χ3n) is 2.34. The molecule has 5 nitrogen and oxygen atoms in total. The van der Waals surface area contributed by atoms with E-state index in [-0.39, 0.29) is 12.5 Å². The van der Waals surface area contributed by atoms with E-state index in [4.69, 9.17) is 4.74 Å². The summed E-state index contributed by atoms with van der Waals surface area (Å²) in [6.45, 7) is 6.90. The molecule has 5 heteroatoms. The maximum Gasteiger partial charge on any atom is 0.354 e. The van der Waals surface area contributed by atoms with Crippen molar-refractivity contribution < 1.29 is 14.3 Å². The van der Waals surface area contributed by atoms with Crippen LogP contribution in [0.2, 0.25) is 0 Å². The molecule has 0 aromatic carbocycles. The van der Waals surface area contributed by atoms with E-state index in [0.29, 0.717) is 24.8 Å². The minimum Gasteiger partial charge on any atom is -0.461 e. The molecule has 0 spiro atoms. The predicted octanol–water partition coefficient (Wildman–Crippen LogP) is 1.44. The van der Waals surface area contributed by atoms with Gasteiger partial charge in [0.05, 0.1) is 6.61 Å². The number of amides is 1. The van der Waals surface area contributed by atoms with E-state index in [0.717, 1.165) is 0 Å². The van der Waals surface area contributed by atoms with Gasteiger partial charge in [0.2, 0.25) is 5.91 Å². The molecule has 1 heterocycles. The Morgan fingerprint density at radius 3 is 2.78 bits per heavy atom. The summed E-state index contributed by atoms with van der Waals surface area (Å²) in [5.74, 6) is -0.104. The molecule has 0 aliphatic carbocycles. The molecule has 0 radical (unpaired) electrons. The van der Waals surface area contributed by atoms with Crippen LogP contribution in [0.5, 0.6) is 0 Å². The van der Waals surface area contributed by atoms with Crippen LogP contribution in [0.3, 0.4) is 0 Å². The Morgan fingerprint density at radius 1 is 1.44 bits per heavy atom. The van der Waals surface area contributed by atoms with Gasteiger partial charge in [-0.25, -0.2) is 4.79 Å². The number of nitrogens with one attached hydrogen (secondary N) is 1. The monoisotopic (exact) mass is 252 g/mol. The lowest BCUT2D eigenvalue weighted by atomic mass is 10.2. The Kier molecular flexibility index (Phi) is 5.42. The molecule has 1 aromatic rings. The first-order valence-corrected chi connectivity index (χ1v) is 6.13. The lowest BCUT2D eigenvalue weighted by Gasteiger charge is -2.10. The number of aromatic nitrogens is 1. The summed E-state index contributed by atoms with van der Waals surface area (Å²) in [6.07, 6.45) is 1.70. The van der Waals surface area contributed by atoms with Gasteiger partial charge in [-0.3, -0.25) is 4.79 Å². The molecule has 0 unspecified atom stereocenters. The van der Waals surface area contributed by atoms with Gasteiger partial charge >= 0.3 is 5.97 Å². The van der Waals surface area contributed by atoms with E-state index in [1.807, 2.05) is 13.8 Å². The maximum absolute atomic E-state index is 11.7. The van der Waals surface area contributed by atoms with Crippen LogP contribution in [0.15, 0.2) is 18.3 Å². The highest BCUT2D eigenvalue weighted by Gasteiger charge is 2.13. The molecule has 18 heavy (non-hydrogen) atoms. The predicted molar refractivity (Wildman–Crippen MR) is 68.2 cm³/mol. The van der Waals surface area contributed by atoms with Gasteiger partial charge in [-0.1, -0.05) is 13.8 Å². The molecule has 0 bridgehead atoms. The van der Waals surface area contributed by atoms with Crippen LogP contribution in [-0.4, -0.2) is 29.6 Å². The number of hydrogen-bond acceptors (Lipinski definition) is 3. The fourth-order valence-corrected chi connectivity index (χ4v) is 1.47. The molecular weight excluding hydrogens is 232 g/mol. The number of carbonyl (C=O) groups excluding carboxylic acids is 2. The zero-order valence-corrected chi connectivity index (χ0v) is 11.1. The molecule has 0 saturated heterocycles. The molecule has 1 aromatic heterocycles. The lowest BCUT2D eigenvalue weighted by molar-refractivity contribution is -0.121. The number of carbonyl (C=O) groups is 2. The van der Waals surface area contributed by atoms with Crippen molar-refractivity contribution in [3.63, 3.8) is 0 Å². The van der Waals surface area contributed by atoms with Crippen molar-refractivity contribution in [1.29, 1.82) is 0 Å². The average Bonchev–Trinajstić information content (AvgIpc) is 2.75. The summed E-state index contributed by atoms with van der Waals surface area (Å²) in [5, 5.41) is 2.81. The molecule has 1 amide bonds. The fourth-order valence-electron chi connectivity index (χ4n) is 1.47. The Balaban J connectivity index is 2.59. The van der Waals surface area contributed by atoms with E-state index < -0.39 is 5.97 Å². The van der Waals surface area contributed by atoms with Crippen LogP contribution < -0.4 is 5.32 Å². The third-order valence-corrected chi connectivity index (χ3v) is 2.34. The highest BCUT2D eigenvalue weighted by atomic mass is 16.5. The topological polar surface area (TPSA) is 60.3 Å². The summed E-state index contributed by atoms with van der Waals surface area (Å²) >= 11 is 0. The first-order valence-electron chi connectivity index (χ1n) is 6.13. The largest absolute Gasteiger partial charge is 0.461 e. The standard InChI is InChI=1S/C13H20N2O3/c1-4-18-13(17)11-6-5-7-15(11)9-12(16)14-8-10(2)3/h5-7,10H,4,8-9H2,1-3H3,(H,14,16). The Bertz CT molecular complexity index is 410. The second-order valence-corrected chi connectivity index (χ2v) is 4.44. The van der Waals surface area contributed by atoms with Gasteiger partial charge in [0.25, 0.3) is 0 Å². The highest BCUT2D eigenvalue weighted by Crippen LogP contribution is 2.04. The molecule has 0 fully saturated rings. The van der Waals surface area contributed by atoms with Crippen LogP contribution >= 0.6 is 0 Å². The first kappa shape index (κ1) is 14.3. The lowest BCUT2D eigenvalue weighted by Crippen LogP contribution is -2.31. The first-order chi connectivity index (χ1) is 8.54. The molecule has 1 rings (SSSR count). The van der Waals surface area contributed by atoms with Crippen LogP contribution in [0.25, 0.3) is 0 Å². The average molecular weight is 252 g/mol. The molecule has 1 N–H and O–H groups in total. The van der Waals surface area contributed by atoms with E-state index in [1.165, 1.54) is 0 Å². The van der Waals surface area contributed by atoms with E-state index in [2.05, 4.69) is 5.32 Å². The molecule has 0 saturated carbocycles. The number of nitrogens with zero attached hydrogens (tertiary/aromatic N) is 1. The zero-order valence-electron chi connectivity index (χ0n) is 11.1. The zero-order chi connectivity index (χ0) is 13.5. The summed E-state index contributed by atoms with van der Waals surface area (Å²) in [6, 6.07) is 3.37. The molecule has 0 aliphatic rings. The normalized spacial score (nSPS) is 10.4. The van der Waals surface area contributed by atoms with Crippen molar-refractivity contribution in [2.45, 2.75) is 27.3 Å². The van der Waals surface area contributed by atoms with E-state index >= 15 is 0 Å². The summed E-state index contributed by atoms with van der Waals surface area (Å²) in [7, 11) is 0. The molecule has 100 valence electrons. The fraction of sp³-hybridized carbons (Fsp3) is 0.538. The Morgan fingerprint density at radius 2 is 2.17 bits per heavy atom. The number of ether oxygens (including phenoxy) is 1. The van der Waals surface area contributed by atoms with Crippen molar-refractivity contribution in [1.82, 2.24) is 9.88 Å². The van der Waals surface area contributed by atoms with Crippen LogP contribution in [0.1, 0.15) is 31.3 Å². The van der Waals surface area contributed by atoms with Crippen molar-refractivity contribution in [2.24, 2.45) is 5.92 Å². The number of esters is 1. The van der Waals surface area contributed by atoms with Crippen molar-refractivity contribution >= 4 is 11.9 Å². The van der Waals surface area contributed by atoms with Crippen molar-refractivity contribution in [3.05, 3.63) is 24.0 Å². The Hall–Kier alpha value is -1.78. The number of hydrogen-bond donors (Lipinski definition) is 1. The van der Waals surface area contributed by atoms with Gasteiger partial charge in [-0.2, -0.15) is 0 Å². The van der Waals surface area contributed by atoms with Gasteiger partial charge < -0.3 is 14.6 Å². The highest BCUT2D eigenvalue weighted by molar-refractivity contribution is 5.88. The third kappa shape index (κ3) is 4.24. The second-order valence-electron chi connectivity index (χ2n) is 4.44. The van der Waals surface area contributed by atoms with Crippen molar-refractivity contribution in [2.75, 3.05) is 13.2 Å². The van der Waals surface area contributed by atoms with E-state index in [9.17, 15) is 9.59 Å². The Labute approximate surface area is 107 Å². The van der Waals surface area contributed by atoms with Gasteiger partial charge in [0.15, 0.2) is 0 Å². The SMILES string of the molecule is CCOC(=O)c1cccn1CC(=O)NCC(C)C. The second kappa shape index (κ2) is 6.83. The quantitative estimate of drug-likeness (QED) is 0.779. The minimum absolute atomic E-state index is 0.106.